The van der Waals surface area contributed by atoms with Crippen LogP contribution in [-0.2, 0) is 4.79 Å². The molecule has 1 aliphatic rings. The number of rotatable bonds is 5. The van der Waals surface area contributed by atoms with Crippen LogP contribution in [-0.4, -0.2) is 50.7 Å². The molecule has 1 aliphatic heterocycles. The van der Waals surface area contributed by atoms with E-state index >= 15 is 0 Å². The number of hydrogen-bond acceptors (Lipinski definition) is 5. The van der Waals surface area contributed by atoms with Crippen molar-refractivity contribution < 1.29 is 14.3 Å². The van der Waals surface area contributed by atoms with Crippen molar-refractivity contribution in [3.8, 4) is 11.5 Å². The van der Waals surface area contributed by atoms with Gasteiger partial charge in [0, 0.05) is 30.9 Å². The van der Waals surface area contributed by atoms with Gasteiger partial charge in [0.1, 0.15) is 0 Å². The Balaban J connectivity index is 1.95. The summed E-state index contributed by atoms with van der Waals surface area (Å²) in [6, 6.07) is 5.52. The van der Waals surface area contributed by atoms with Gasteiger partial charge in [-0.05, 0) is 24.0 Å². The van der Waals surface area contributed by atoms with E-state index in [-0.39, 0.29) is 17.4 Å². The summed E-state index contributed by atoms with van der Waals surface area (Å²) in [7, 11) is 3.15. The van der Waals surface area contributed by atoms with Crippen molar-refractivity contribution in [1.29, 1.82) is 0 Å². The van der Waals surface area contributed by atoms with E-state index in [2.05, 4.69) is 24.1 Å². The molecule has 1 aromatic rings. The van der Waals surface area contributed by atoms with Crippen molar-refractivity contribution in [1.82, 2.24) is 4.90 Å². The van der Waals surface area contributed by atoms with Crippen molar-refractivity contribution >= 4 is 11.6 Å². The number of carbonyl (C=O) groups is 1. The van der Waals surface area contributed by atoms with Gasteiger partial charge in [-0.2, -0.15) is 0 Å². The molecule has 0 spiro atoms. The number of piperidine rings is 1. The zero-order valence-corrected chi connectivity index (χ0v) is 14.4. The molecular formula is C17H27N3O3. The third-order valence-corrected chi connectivity index (χ3v) is 4.43. The summed E-state index contributed by atoms with van der Waals surface area (Å²) in [5.74, 6) is 1.19. The largest absolute Gasteiger partial charge is 0.493 e. The normalized spacial score (nSPS) is 20.8. The average Bonchev–Trinajstić information content (AvgIpc) is 2.50. The summed E-state index contributed by atoms with van der Waals surface area (Å²) in [4.78, 5) is 14.4. The Morgan fingerprint density at radius 1 is 1.35 bits per heavy atom. The van der Waals surface area contributed by atoms with E-state index in [9.17, 15) is 4.79 Å². The molecule has 0 aromatic heterocycles. The summed E-state index contributed by atoms with van der Waals surface area (Å²) in [5.41, 5.74) is 6.86. The number of hydrogen-bond donors (Lipinski definition) is 2. The van der Waals surface area contributed by atoms with Gasteiger partial charge in [-0.15, -0.1) is 0 Å². The van der Waals surface area contributed by atoms with E-state index in [0.29, 0.717) is 23.7 Å². The number of nitrogens with two attached hydrogens (primary N) is 1. The highest BCUT2D eigenvalue weighted by Gasteiger charge is 2.33. The van der Waals surface area contributed by atoms with E-state index < -0.39 is 0 Å². The molecule has 1 amide bonds. The zero-order chi connectivity index (χ0) is 17.0. The Bertz CT molecular complexity index is 560. The fourth-order valence-corrected chi connectivity index (χ4v) is 2.94. The number of nitrogens with one attached hydrogen (secondary N) is 1. The Morgan fingerprint density at radius 2 is 2.04 bits per heavy atom. The number of likely N-dealkylation sites (tertiary alicyclic amines) is 1. The molecule has 3 N–H and O–H groups in total. The van der Waals surface area contributed by atoms with Gasteiger partial charge in [-0.1, -0.05) is 13.8 Å². The van der Waals surface area contributed by atoms with Crippen LogP contribution in [0.2, 0.25) is 0 Å². The van der Waals surface area contributed by atoms with E-state index in [4.69, 9.17) is 15.2 Å². The summed E-state index contributed by atoms with van der Waals surface area (Å²) >= 11 is 0. The molecule has 1 atom stereocenters. The van der Waals surface area contributed by atoms with Crippen molar-refractivity contribution in [3.63, 3.8) is 0 Å². The highest BCUT2D eigenvalue weighted by molar-refractivity contribution is 5.92. The third kappa shape index (κ3) is 4.36. The minimum atomic E-state index is -0.0384. The second-order valence-corrected chi connectivity index (χ2v) is 6.71. The summed E-state index contributed by atoms with van der Waals surface area (Å²) in [6.07, 6.45) is 0.913. The number of carbonyl (C=O) groups excluding carboxylic acids is 1. The summed E-state index contributed by atoms with van der Waals surface area (Å²) in [5, 5.41) is 2.91. The van der Waals surface area contributed by atoms with Gasteiger partial charge in [0.25, 0.3) is 0 Å². The summed E-state index contributed by atoms with van der Waals surface area (Å²) < 4.78 is 10.4. The molecule has 1 saturated heterocycles. The maximum Gasteiger partial charge on any atom is 0.238 e. The lowest BCUT2D eigenvalue weighted by molar-refractivity contribution is -0.118. The van der Waals surface area contributed by atoms with Crippen LogP contribution >= 0.6 is 0 Å². The van der Waals surface area contributed by atoms with Gasteiger partial charge in [0.2, 0.25) is 5.91 Å². The molecule has 1 heterocycles. The highest BCUT2D eigenvalue weighted by Crippen LogP contribution is 2.30. The smallest absolute Gasteiger partial charge is 0.238 e. The molecule has 6 nitrogen and oxygen atoms in total. The fourth-order valence-electron chi connectivity index (χ4n) is 2.94. The molecule has 0 radical (unpaired) electrons. The van der Waals surface area contributed by atoms with E-state index in [1.54, 1.807) is 32.4 Å². The first-order valence-corrected chi connectivity index (χ1v) is 7.85. The minimum Gasteiger partial charge on any atom is -0.493 e. The molecule has 0 aliphatic carbocycles. The molecule has 0 saturated carbocycles. The predicted molar refractivity (Wildman–Crippen MR) is 91.0 cm³/mol. The first kappa shape index (κ1) is 17.6. The number of ether oxygens (including phenoxy) is 2. The van der Waals surface area contributed by atoms with Gasteiger partial charge in [-0.3, -0.25) is 9.69 Å². The lowest BCUT2D eigenvalue weighted by Crippen LogP contribution is -2.53. The Morgan fingerprint density at radius 3 is 2.65 bits per heavy atom. The van der Waals surface area contributed by atoms with Crippen molar-refractivity contribution in [2.24, 2.45) is 11.1 Å². The average molecular weight is 321 g/mol. The van der Waals surface area contributed by atoms with Crippen LogP contribution in [0.5, 0.6) is 11.5 Å². The molecule has 1 unspecified atom stereocenters. The van der Waals surface area contributed by atoms with Crippen LogP contribution in [0.3, 0.4) is 0 Å². The van der Waals surface area contributed by atoms with Gasteiger partial charge in [0.15, 0.2) is 11.5 Å². The lowest BCUT2D eigenvalue weighted by atomic mass is 9.80. The molecular weight excluding hydrogens is 294 g/mol. The first-order chi connectivity index (χ1) is 10.9. The first-order valence-electron chi connectivity index (χ1n) is 7.85. The topological polar surface area (TPSA) is 76.8 Å². The van der Waals surface area contributed by atoms with Crippen LogP contribution in [0.15, 0.2) is 18.2 Å². The number of methoxy groups -OCH3 is 2. The van der Waals surface area contributed by atoms with Crippen LogP contribution in [0.4, 0.5) is 5.69 Å². The molecule has 6 heteroatoms. The maximum absolute atomic E-state index is 12.3. The second kappa shape index (κ2) is 7.19. The molecule has 128 valence electrons. The third-order valence-electron chi connectivity index (χ3n) is 4.43. The molecule has 1 fully saturated rings. The molecule has 2 rings (SSSR count). The Hall–Kier alpha value is -1.79. The van der Waals surface area contributed by atoms with Crippen molar-refractivity contribution in [3.05, 3.63) is 18.2 Å². The standard InChI is InChI=1S/C17H27N3O3/c1-17(2)11-20(8-7-15(17)18)10-16(21)19-12-5-6-13(22-3)14(9-12)23-4/h5-6,9,15H,7-8,10-11,18H2,1-4H3,(H,19,21). The highest BCUT2D eigenvalue weighted by atomic mass is 16.5. The fraction of sp³-hybridized carbons (Fsp3) is 0.588. The number of nitrogens with zero attached hydrogens (tertiary/aromatic N) is 1. The van der Waals surface area contributed by atoms with E-state index in [0.717, 1.165) is 19.5 Å². The zero-order valence-electron chi connectivity index (χ0n) is 14.4. The minimum absolute atomic E-state index is 0.0296. The Kier molecular flexibility index (Phi) is 5.49. The van der Waals surface area contributed by atoms with Gasteiger partial charge < -0.3 is 20.5 Å². The van der Waals surface area contributed by atoms with Crippen molar-refractivity contribution in [2.75, 3.05) is 39.2 Å². The monoisotopic (exact) mass is 321 g/mol. The number of amides is 1. The van der Waals surface area contributed by atoms with E-state index in [1.165, 1.54) is 0 Å². The lowest BCUT2D eigenvalue weighted by Gasteiger charge is -2.42. The number of benzene rings is 1. The SMILES string of the molecule is COc1ccc(NC(=O)CN2CCC(N)C(C)(C)C2)cc1OC. The van der Waals surface area contributed by atoms with Crippen LogP contribution in [0.1, 0.15) is 20.3 Å². The van der Waals surface area contributed by atoms with Gasteiger partial charge >= 0.3 is 0 Å². The molecule has 23 heavy (non-hydrogen) atoms. The molecule has 0 bridgehead atoms. The Labute approximate surface area is 137 Å². The van der Waals surface area contributed by atoms with Gasteiger partial charge in [0.05, 0.1) is 20.8 Å². The van der Waals surface area contributed by atoms with Gasteiger partial charge in [-0.25, -0.2) is 0 Å². The van der Waals surface area contributed by atoms with Crippen molar-refractivity contribution in [2.45, 2.75) is 26.3 Å². The second-order valence-electron chi connectivity index (χ2n) is 6.71. The molecule has 1 aromatic carbocycles. The predicted octanol–water partition coefficient (Wildman–Crippen LogP) is 1.70. The van der Waals surface area contributed by atoms with Crippen LogP contribution in [0.25, 0.3) is 0 Å². The van der Waals surface area contributed by atoms with E-state index in [1.807, 2.05) is 0 Å². The summed E-state index contributed by atoms with van der Waals surface area (Å²) in [6.45, 7) is 6.34. The van der Waals surface area contributed by atoms with Crippen LogP contribution < -0.4 is 20.5 Å². The van der Waals surface area contributed by atoms with Crippen LogP contribution in [0, 0.1) is 5.41 Å². The maximum atomic E-state index is 12.3. The quantitative estimate of drug-likeness (QED) is 0.863. The number of anilines is 1.